The zero-order chi connectivity index (χ0) is 17.2. The molecule has 0 unspecified atom stereocenters. The molecule has 0 aliphatic heterocycles. The number of aromatic carboxylic acids is 1. The molecular formula is C15H14FNO5S. The predicted molar refractivity (Wildman–Crippen MR) is 81.9 cm³/mol. The summed E-state index contributed by atoms with van der Waals surface area (Å²) in [6, 6.07) is 7.51. The number of hydrogen-bond acceptors (Lipinski definition) is 4. The van der Waals surface area contributed by atoms with Crippen molar-refractivity contribution in [3.05, 3.63) is 53.3 Å². The van der Waals surface area contributed by atoms with Crippen LogP contribution in [0.3, 0.4) is 0 Å². The molecule has 0 aliphatic rings. The molecule has 0 saturated carbocycles. The number of rotatable bonds is 5. The molecular weight excluding hydrogens is 325 g/mol. The van der Waals surface area contributed by atoms with Crippen molar-refractivity contribution in [1.29, 1.82) is 0 Å². The SMILES string of the molecule is COc1ccc(S(=O)(=O)Nc2cccc(F)c2C(=O)O)cc1C. The van der Waals surface area contributed by atoms with Crippen LogP contribution >= 0.6 is 0 Å². The molecule has 122 valence electrons. The summed E-state index contributed by atoms with van der Waals surface area (Å²) in [7, 11) is -2.61. The molecule has 0 atom stereocenters. The molecule has 8 heteroatoms. The first-order valence-electron chi connectivity index (χ1n) is 6.45. The molecule has 0 aliphatic carbocycles. The van der Waals surface area contributed by atoms with Gasteiger partial charge in [-0.15, -0.1) is 0 Å². The highest BCUT2D eigenvalue weighted by Gasteiger charge is 2.21. The first-order valence-corrected chi connectivity index (χ1v) is 7.94. The van der Waals surface area contributed by atoms with Crippen molar-refractivity contribution in [2.45, 2.75) is 11.8 Å². The number of ether oxygens (including phenoxy) is 1. The fraction of sp³-hybridized carbons (Fsp3) is 0.133. The standard InChI is InChI=1S/C15H14FNO5S/c1-9-8-10(6-7-13(9)22-2)23(20,21)17-12-5-3-4-11(16)14(12)15(18)19/h3-8,17H,1-2H3,(H,18,19). The third kappa shape index (κ3) is 3.42. The highest BCUT2D eigenvalue weighted by molar-refractivity contribution is 7.92. The van der Waals surface area contributed by atoms with Crippen molar-refractivity contribution in [3.63, 3.8) is 0 Å². The van der Waals surface area contributed by atoms with Crippen molar-refractivity contribution in [2.75, 3.05) is 11.8 Å². The van der Waals surface area contributed by atoms with Crippen LogP contribution in [0.2, 0.25) is 0 Å². The van der Waals surface area contributed by atoms with Crippen molar-refractivity contribution < 1.29 is 27.4 Å². The maximum absolute atomic E-state index is 13.6. The second-order valence-corrected chi connectivity index (χ2v) is 6.39. The van der Waals surface area contributed by atoms with Gasteiger partial charge in [0.15, 0.2) is 0 Å². The molecule has 0 aromatic heterocycles. The van der Waals surface area contributed by atoms with Gasteiger partial charge in [-0.3, -0.25) is 4.72 Å². The minimum Gasteiger partial charge on any atom is -0.496 e. The first kappa shape index (κ1) is 16.8. The smallest absolute Gasteiger partial charge is 0.340 e. The zero-order valence-electron chi connectivity index (χ0n) is 12.3. The van der Waals surface area contributed by atoms with E-state index in [0.29, 0.717) is 11.3 Å². The van der Waals surface area contributed by atoms with Crippen LogP contribution in [-0.2, 0) is 10.0 Å². The van der Waals surface area contributed by atoms with Gasteiger partial charge in [-0.2, -0.15) is 0 Å². The van der Waals surface area contributed by atoms with Crippen molar-refractivity contribution in [2.24, 2.45) is 0 Å². The Morgan fingerprint density at radius 2 is 1.96 bits per heavy atom. The van der Waals surface area contributed by atoms with Crippen molar-refractivity contribution in [3.8, 4) is 5.75 Å². The van der Waals surface area contributed by atoms with Crippen LogP contribution in [0.5, 0.6) is 5.75 Å². The number of nitrogens with one attached hydrogen (secondary N) is 1. The van der Waals surface area contributed by atoms with E-state index in [9.17, 15) is 17.6 Å². The summed E-state index contributed by atoms with van der Waals surface area (Å²) in [5, 5.41) is 9.03. The zero-order valence-corrected chi connectivity index (χ0v) is 13.1. The Hall–Kier alpha value is -2.61. The number of sulfonamides is 1. The molecule has 0 saturated heterocycles. The lowest BCUT2D eigenvalue weighted by Crippen LogP contribution is -2.16. The molecule has 2 N–H and O–H groups in total. The molecule has 2 aromatic carbocycles. The molecule has 6 nitrogen and oxygen atoms in total. The van der Waals surface area contributed by atoms with Crippen molar-refractivity contribution in [1.82, 2.24) is 0 Å². The van der Waals surface area contributed by atoms with Gasteiger partial charge >= 0.3 is 5.97 Å². The number of carbonyl (C=O) groups is 1. The predicted octanol–water partition coefficient (Wildman–Crippen LogP) is 2.64. The normalized spacial score (nSPS) is 11.1. The molecule has 0 fully saturated rings. The van der Waals surface area contributed by atoms with Crippen LogP contribution in [0.1, 0.15) is 15.9 Å². The Balaban J connectivity index is 2.45. The topological polar surface area (TPSA) is 92.7 Å². The van der Waals surface area contributed by atoms with E-state index in [4.69, 9.17) is 9.84 Å². The molecule has 23 heavy (non-hydrogen) atoms. The summed E-state index contributed by atoms with van der Waals surface area (Å²) < 4.78 is 45.5. The van der Waals surface area contributed by atoms with Crippen LogP contribution in [0.15, 0.2) is 41.3 Å². The van der Waals surface area contributed by atoms with Gasteiger partial charge in [-0.1, -0.05) is 6.07 Å². The number of methoxy groups -OCH3 is 1. The van der Waals surface area contributed by atoms with E-state index in [1.165, 1.54) is 37.4 Å². The third-order valence-electron chi connectivity index (χ3n) is 3.15. The summed E-state index contributed by atoms with van der Waals surface area (Å²) in [6.07, 6.45) is 0. The van der Waals surface area contributed by atoms with Crippen LogP contribution < -0.4 is 9.46 Å². The number of halogens is 1. The van der Waals surface area contributed by atoms with E-state index in [1.807, 2.05) is 0 Å². The lowest BCUT2D eigenvalue weighted by atomic mass is 10.2. The van der Waals surface area contributed by atoms with E-state index in [1.54, 1.807) is 6.92 Å². The number of carboxylic acid groups (broad SMARTS) is 1. The Labute approximate surface area is 132 Å². The Kier molecular flexibility index (Phi) is 4.55. The Bertz CT molecular complexity index is 864. The maximum atomic E-state index is 13.6. The van der Waals surface area contributed by atoms with Gasteiger partial charge in [0.1, 0.15) is 17.1 Å². The largest absolute Gasteiger partial charge is 0.496 e. The number of benzene rings is 2. The van der Waals surface area contributed by atoms with Gasteiger partial charge in [0.05, 0.1) is 17.7 Å². The van der Waals surface area contributed by atoms with Crippen LogP contribution in [0, 0.1) is 12.7 Å². The monoisotopic (exact) mass is 339 g/mol. The molecule has 0 radical (unpaired) electrons. The van der Waals surface area contributed by atoms with Gasteiger partial charge in [0, 0.05) is 0 Å². The summed E-state index contributed by atoms with van der Waals surface area (Å²) in [5.74, 6) is -2.07. The average Bonchev–Trinajstić information content (AvgIpc) is 2.46. The lowest BCUT2D eigenvalue weighted by Gasteiger charge is -2.12. The second-order valence-electron chi connectivity index (χ2n) is 4.70. The van der Waals surface area contributed by atoms with E-state index >= 15 is 0 Å². The van der Waals surface area contributed by atoms with Gasteiger partial charge < -0.3 is 9.84 Å². The van der Waals surface area contributed by atoms with E-state index in [0.717, 1.165) is 6.07 Å². The van der Waals surface area contributed by atoms with Crippen LogP contribution in [0.4, 0.5) is 10.1 Å². The Morgan fingerprint density at radius 3 is 2.52 bits per heavy atom. The van der Waals surface area contributed by atoms with E-state index in [-0.39, 0.29) is 10.6 Å². The Morgan fingerprint density at radius 1 is 1.26 bits per heavy atom. The number of carboxylic acids is 1. The minimum atomic E-state index is -4.07. The summed E-state index contributed by atoms with van der Waals surface area (Å²) in [4.78, 5) is 11.0. The summed E-state index contributed by atoms with van der Waals surface area (Å²) in [6.45, 7) is 1.67. The van der Waals surface area contributed by atoms with E-state index in [2.05, 4.69) is 4.72 Å². The van der Waals surface area contributed by atoms with Crippen molar-refractivity contribution >= 4 is 21.7 Å². The maximum Gasteiger partial charge on any atom is 0.340 e. The second kappa shape index (κ2) is 6.25. The molecule has 2 rings (SSSR count). The van der Waals surface area contributed by atoms with Gasteiger partial charge in [-0.25, -0.2) is 17.6 Å². The van der Waals surface area contributed by atoms with Gasteiger partial charge in [0.25, 0.3) is 10.0 Å². The van der Waals surface area contributed by atoms with Crippen LogP contribution in [0.25, 0.3) is 0 Å². The van der Waals surface area contributed by atoms with Gasteiger partial charge in [0.2, 0.25) is 0 Å². The van der Waals surface area contributed by atoms with Crippen LogP contribution in [-0.4, -0.2) is 26.6 Å². The molecule has 0 bridgehead atoms. The molecule has 2 aromatic rings. The summed E-state index contributed by atoms with van der Waals surface area (Å²) in [5.41, 5.74) is -0.486. The average molecular weight is 339 g/mol. The number of anilines is 1. The quantitative estimate of drug-likeness (QED) is 0.873. The van der Waals surface area contributed by atoms with E-state index < -0.39 is 27.4 Å². The highest BCUT2D eigenvalue weighted by atomic mass is 32.2. The minimum absolute atomic E-state index is 0.0867. The first-order chi connectivity index (χ1) is 10.8. The fourth-order valence-corrected chi connectivity index (χ4v) is 3.20. The van der Waals surface area contributed by atoms with Gasteiger partial charge in [-0.05, 0) is 42.8 Å². The molecule has 0 spiro atoms. The number of aryl methyl sites for hydroxylation is 1. The molecule has 0 heterocycles. The lowest BCUT2D eigenvalue weighted by molar-refractivity contribution is 0.0693. The highest BCUT2D eigenvalue weighted by Crippen LogP contribution is 2.25. The molecule has 0 amide bonds. The third-order valence-corrected chi connectivity index (χ3v) is 4.51. The summed E-state index contributed by atoms with van der Waals surface area (Å²) >= 11 is 0. The number of hydrogen-bond donors (Lipinski definition) is 2. The fourth-order valence-electron chi connectivity index (χ4n) is 2.05.